The average molecular weight is 273 g/mol. The van der Waals surface area contributed by atoms with Crippen LogP contribution in [0.5, 0.6) is 0 Å². The molecular formula is C18H27NO. The van der Waals surface area contributed by atoms with Crippen LogP contribution >= 0.6 is 0 Å². The van der Waals surface area contributed by atoms with Crippen molar-refractivity contribution in [1.29, 1.82) is 0 Å². The second-order valence-corrected chi connectivity index (χ2v) is 7.02. The van der Waals surface area contributed by atoms with Gasteiger partial charge in [0.2, 0.25) is 0 Å². The lowest BCUT2D eigenvalue weighted by Gasteiger charge is -2.39. The van der Waals surface area contributed by atoms with E-state index in [0.717, 1.165) is 12.5 Å². The highest BCUT2D eigenvalue weighted by molar-refractivity contribution is 5.26. The number of rotatable bonds is 5. The molecule has 110 valence electrons. The summed E-state index contributed by atoms with van der Waals surface area (Å²) >= 11 is 0. The fraction of sp³-hybridized carbons (Fsp3) is 0.667. The lowest BCUT2D eigenvalue weighted by molar-refractivity contribution is 0.117. The zero-order valence-corrected chi connectivity index (χ0v) is 12.6. The van der Waals surface area contributed by atoms with Crippen LogP contribution in [0.15, 0.2) is 24.3 Å². The smallest absolute Gasteiger partial charge is 0.0499 e. The number of hydrogen-bond acceptors (Lipinski definition) is 2. The van der Waals surface area contributed by atoms with E-state index in [1.165, 1.54) is 49.7 Å². The van der Waals surface area contributed by atoms with Crippen molar-refractivity contribution >= 4 is 0 Å². The van der Waals surface area contributed by atoms with Crippen LogP contribution in [0.1, 0.15) is 55.6 Å². The van der Waals surface area contributed by atoms with Gasteiger partial charge in [-0.3, -0.25) is 0 Å². The molecule has 2 nitrogen and oxygen atoms in total. The number of benzene rings is 1. The minimum Gasteiger partial charge on any atom is -0.396 e. The number of aliphatic hydroxyl groups is 1. The van der Waals surface area contributed by atoms with Gasteiger partial charge in [-0.1, -0.05) is 42.7 Å². The largest absolute Gasteiger partial charge is 0.396 e. The molecule has 0 spiro atoms. The van der Waals surface area contributed by atoms with E-state index in [1.54, 1.807) is 0 Å². The first-order valence-corrected chi connectivity index (χ1v) is 8.12. The number of hydrogen-bond donors (Lipinski definition) is 2. The summed E-state index contributed by atoms with van der Waals surface area (Å²) in [7, 11) is 0. The van der Waals surface area contributed by atoms with Gasteiger partial charge in [0.25, 0.3) is 0 Å². The molecule has 1 aromatic rings. The van der Waals surface area contributed by atoms with E-state index in [-0.39, 0.29) is 5.41 Å². The Morgan fingerprint density at radius 2 is 1.80 bits per heavy atom. The molecule has 2 saturated carbocycles. The van der Waals surface area contributed by atoms with Crippen LogP contribution in [0.25, 0.3) is 0 Å². The van der Waals surface area contributed by atoms with Crippen LogP contribution in [-0.4, -0.2) is 24.3 Å². The summed E-state index contributed by atoms with van der Waals surface area (Å²) in [4.78, 5) is 0. The topological polar surface area (TPSA) is 32.3 Å². The first-order chi connectivity index (χ1) is 9.71. The molecule has 0 atom stereocenters. The number of nitrogens with one attached hydrogen (secondary N) is 1. The van der Waals surface area contributed by atoms with E-state index in [0.29, 0.717) is 12.6 Å². The lowest BCUT2D eigenvalue weighted by atomic mass is 9.75. The van der Waals surface area contributed by atoms with Crippen molar-refractivity contribution < 1.29 is 5.11 Å². The predicted octanol–water partition coefficient (Wildman–Crippen LogP) is 3.38. The van der Waals surface area contributed by atoms with Crippen molar-refractivity contribution in [1.82, 2.24) is 5.32 Å². The first kappa shape index (κ1) is 14.1. The van der Waals surface area contributed by atoms with Gasteiger partial charge >= 0.3 is 0 Å². The van der Waals surface area contributed by atoms with Gasteiger partial charge in [0.05, 0.1) is 0 Å². The van der Waals surface area contributed by atoms with Crippen LogP contribution < -0.4 is 5.32 Å². The van der Waals surface area contributed by atoms with E-state index in [1.807, 2.05) is 0 Å². The maximum absolute atomic E-state index is 9.64. The van der Waals surface area contributed by atoms with E-state index in [9.17, 15) is 5.11 Å². The normalized spacial score (nSPS) is 28.3. The van der Waals surface area contributed by atoms with E-state index < -0.39 is 0 Å². The first-order valence-electron chi connectivity index (χ1n) is 8.12. The Kier molecular flexibility index (Phi) is 4.13. The number of aliphatic hydroxyl groups excluding tert-OH is 1. The Balaban J connectivity index is 1.45. The molecule has 3 rings (SSSR count). The maximum atomic E-state index is 9.64. The highest BCUT2D eigenvalue weighted by atomic mass is 16.3. The minimum atomic E-state index is 0.189. The van der Waals surface area contributed by atoms with Crippen molar-refractivity contribution in [3.63, 3.8) is 0 Å². The van der Waals surface area contributed by atoms with Gasteiger partial charge in [0.15, 0.2) is 0 Å². The monoisotopic (exact) mass is 273 g/mol. The number of aryl methyl sites for hydroxylation is 1. The SMILES string of the molecule is Cc1ccc(C2CC(NCC3(CO)CCCC3)C2)cc1. The summed E-state index contributed by atoms with van der Waals surface area (Å²) in [6.45, 7) is 3.51. The van der Waals surface area contributed by atoms with Crippen LogP contribution in [0, 0.1) is 12.3 Å². The van der Waals surface area contributed by atoms with E-state index >= 15 is 0 Å². The molecule has 1 aromatic carbocycles. The van der Waals surface area contributed by atoms with Gasteiger partial charge < -0.3 is 10.4 Å². The average Bonchev–Trinajstić information content (AvgIpc) is 2.88. The van der Waals surface area contributed by atoms with Crippen molar-refractivity contribution in [3.8, 4) is 0 Å². The zero-order valence-electron chi connectivity index (χ0n) is 12.6. The highest BCUT2D eigenvalue weighted by Gasteiger charge is 2.36. The summed E-state index contributed by atoms with van der Waals surface area (Å²) in [5, 5.41) is 13.3. The molecular weight excluding hydrogens is 246 g/mol. The van der Waals surface area contributed by atoms with Gasteiger partial charge in [-0.2, -0.15) is 0 Å². The third-order valence-corrected chi connectivity index (χ3v) is 5.45. The highest BCUT2D eigenvalue weighted by Crippen LogP contribution is 2.40. The van der Waals surface area contributed by atoms with Crippen LogP contribution in [0.4, 0.5) is 0 Å². The zero-order chi connectivity index (χ0) is 14.0. The Labute approximate surface area is 122 Å². The van der Waals surface area contributed by atoms with Gasteiger partial charge in [-0.25, -0.2) is 0 Å². The molecule has 0 heterocycles. The Bertz CT molecular complexity index is 427. The van der Waals surface area contributed by atoms with Crippen LogP contribution in [-0.2, 0) is 0 Å². The molecule has 2 N–H and O–H groups in total. The molecule has 2 aliphatic rings. The standard InChI is InChI=1S/C18H27NO/c1-14-4-6-15(7-5-14)16-10-17(11-16)19-12-18(13-20)8-2-3-9-18/h4-7,16-17,19-20H,2-3,8-13H2,1H3. The molecule has 2 fully saturated rings. The van der Waals surface area contributed by atoms with Crippen molar-refractivity contribution in [3.05, 3.63) is 35.4 Å². The van der Waals surface area contributed by atoms with Crippen molar-refractivity contribution in [2.24, 2.45) is 5.41 Å². The molecule has 0 amide bonds. The third-order valence-electron chi connectivity index (χ3n) is 5.45. The molecule has 0 bridgehead atoms. The molecule has 20 heavy (non-hydrogen) atoms. The summed E-state index contributed by atoms with van der Waals surface area (Å²) < 4.78 is 0. The van der Waals surface area contributed by atoms with Gasteiger partial charge in [-0.15, -0.1) is 0 Å². The lowest BCUT2D eigenvalue weighted by Crippen LogP contribution is -2.46. The summed E-state index contributed by atoms with van der Waals surface area (Å²) in [6.07, 6.45) is 7.49. The Morgan fingerprint density at radius 1 is 1.15 bits per heavy atom. The molecule has 0 aliphatic heterocycles. The molecule has 2 aliphatic carbocycles. The Morgan fingerprint density at radius 3 is 2.40 bits per heavy atom. The van der Waals surface area contributed by atoms with E-state index in [2.05, 4.69) is 36.5 Å². The fourth-order valence-corrected chi connectivity index (χ4v) is 3.77. The summed E-state index contributed by atoms with van der Waals surface area (Å²) in [6, 6.07) is 9.65. The third kappa shape index (κ3) is 2.91. The van der Waals surface area contributed by atoms with Gasteiger partial charge in [0.1, 0.15) is 0 Å². The van der Waals surface area contributed by atoms with Crippen LogP contribution in [0.3, 0.4) is 0 Å². The molecule has 0 unspecified atom stereocenters. The predicted molar refractivity (Wildman–Crippen MR) is 82.9 cm³/mol. The van der Waals surface area contributed by atoms with Crippen molar-refractivity contribution in [2.45, 2.75) is 57.4 Å². The molecule has 0 aromatic heterocycles. The van der Waals surface area contributed by atoms with Gasteiger partial charge in [-0.05, 0) is 44.1 Å². The van der Waals surface area contributed by atoms with Gasteiger partial charge in [0, 0.05) is 24.6 Å². The maximum Gasteiger partial charge on any atom is 0.0499 e. The minimum absolute atomic E-state index is 0.189. The molecule has 2 heteroatoms. The van der Waals surface area contributed by atoms with Crippen molar-refractivity contribution in [2.75, 3.05) is 13.2 Å². The fourth-order valence-electron chi connectivity index (χ4n) is 3.77. The summed E-state index contributed by atoms with van der Waals surface area (Å²) in [5.74, 6) is 0.738. The van der Waals surface area contributed by atoms with Crippen LogP contribution in [0.2, 0.25) is 0 Å². The Hall–Kier alpha value is -0.860. The van der Waals surface area contributed by atoms with E-state index in [4.69, 9.17) is 0 Å². The molecule has 0 radical (unpaired) electrons. The second-order valence-electron chi connectivity index (χ2n) is 7.02. The molecule has 0 saturated heterocycles. The quantitative estimate of drug-likeness (QED) is 0.862. The second kappa shape index (κ2) is 5.87. The summed E-state index contributed by atoms with van der Waals surface area (Å²) in [5.41, 5.74) is 3.02.